The summed E-state index contributed by atoms with van der Waals surface area (Å²) in [5, 5.41) is 3.45. The maximum absolute atomic E-state index is 12.7. The molecule has 1 aromatic rings. The Hall–Kier alpha value is -1.31. The van der Waals surface area contributed by atoms with Gasteiger partial charge in [-0.2, -0.15) is 0 Å². The Morgan fingerprint density at radius 2 is 1.73 bits per heavy atom. The lowest BCUT2D eigenvalue weighted by Gasteiger charge is -2.32. The quantitative estimate of drug-likeness (QED) is 0.407. The van der Waals surface area contributed by atoms with Crippen molar-refractivity contribution >= 4 is 35.8 Å². The third-order valence-electron chi connectivity index (χ3n) is 5.12. The van der Waals surface area contributed by atoms with Gasteiger partial charge in [0.1, 0.15) is 0 Å². The van der Waals surface area contributed by atoms with Crippen molar-refractivity contribution in [3.8, 4) is 0 Å². The fraction of sp³-hybridized carbons (Fsp3) is 0.600. The van der Waals surface area contributed by atoms with E-state index in [2.05, 4.69) is 46.4 Å². The number of aliphatic imine (C=N–C) groups is 1. The lowest BCUT2D eigenvalue weighted by molar-refractivity contribution is -0.138. The van der Waals surface area contributed by atoms with E-state index in [1.165, 1.54) is 11.1 Å². The van der Waals surface area contributed by atoms with Crippen molar-refractivity contribution in [1.82, 2.24) is 15.1 Å². The van der Waals surface area contributed by atoms with Crippen LogP contribution in [0.25, 0.3) is 0 Å². The van der Waals surface area contributed by atoms with E-state index in [1.807, 2.05) is 21.1 Å². The maximum Gasteiger partial charge on any atom is 0.230 e. The number of amides is 1. The highest BCUT2D eigenvalue weighted by Gasteiger charge is 2.42. The van der Waals surface area contributed by atoms with E-state index in [1.54, 1.807) is 11.9 Å². The van der Waals surface area contributed by atoms with Crippen LogP contribution in [-0.4, -0.2) is 56.4 Å². The van der Waals surface area contributed by atoms with Gasteiger partial charge in [-0.15, -0.1) is 24.0 Å². The zero-order valence-electron chi connectivity index (χ0n) is 16.7. The molecule has 0 radical (unpaired) electrons. The summed E-state index contributed by atoms with van der Waals surface area (Å²) in [5.41, 5.74) is 2.22. The molecule has 26 heavy (non-hydrogen) atoms. The van der Waals surface area contributed by atoms with Gasteiger partial charge in [-0.25, -0.2) is 0 Å². The van der Waals surface area contributed by atoms with Crippen LogP contribution in [0, 0.1) is 12.3 Å². The molecule has 0 heterocycles. The Kier molecular flexibility index (Phi) is 8.86. The molecule has 5 nitrogen and oxygen atoms in total. The number of hydrogen-bond acceptors (Lipinski definition) is 2. The number of halogens is 1. The third-order valence-corrected chi connectivity index (χ3v) is 5.12. The first-order chi connectivity index (χ1) is 11.9. The molecule has 0 unspecified atom stereocenters. The summed E-state index contributed by atoms with van der Waals surface area (Å²) in [5.74, 6) is 1.06. The van der Waals surface area contributed by atoms with Gasteiger partial charge in [-0.3, -0.25) is 9.79 Å². The summed E-state index contributed by atoms with van der Waals surface area (Å²) in [6.45, 7) is 3.53. The minimum atomic E-state index is -0.288. The van der Waals surface area contributed by atoms with Crippen molar-refractivity contribution in [3.63, 3.8) is 0 Å². The van der Waals surface area contributed by atoms with Crippen LogP contribution in [0.5, 0.6) is 0 Å². The number of aryl methyl sites for hydroxylation is 1. The number of guanidine groups is 1. The predicted octanol–water partition coefficient (Wildman–Crippen LogP) is 3.27. The van der Waals surface area contributed by atoms with Crippen LogP contribution >= 0.6 is 24.0 Å². The van der Waals surface area contributed by atoms with Gasteiger partial charge >= 0.3 is 0 Å². The maximum atomic E-state index is 12.7. The highest BCUT2D eigenvalue weighted by atomic mass is 127. The van der Waals surface area contributed by atoms with Crippen LogP contribution < -0.4 is 5.32 Å². The van der Waals surface area contributed by atoms with Gasteiger partial charge in [-0.1, -0.05) is 42.7 Å². The van der Waals surface area contributed by atoms with Crippen molar-refractivity contribution in [2.75, 3.05) is 34.7 Å². The lowest BCUT2D eigenvalue weighted by atomic mass is 9.84. The van der Waals surface area contributed by atoms with Gasteiger partial charge in [0.25, 0.3) is 0 Å². The van der Waals surface area contributed by atoms with E-state index in [9.17, 15) is 4.79 Å². The van der Waals surface area contributed by atoms with Crippen LogP contribution in [0.3, 0.4) is 0 Å². The molecule has 0 saturated heterocycles. The first-order valence-corrected chi connectivity index (χ1v) is 9.07. The highest BCUT2D eigenvalue weighted by Crippen LogP contribution is 2.38. The number of hydrogen-bond donors (Lipinski definition) is 1. The van der Waals surface area contributed by atoms with E-state index in [-0.39, 0.29) is 35.3 Å². The van der Waals surface area contributed by atoms with Crippen molar-refractivity contribution in [1.29, 1.82) is 0 Å². The lowest BCUT2D eigenvalue weighted by Crippen LogP contribution is -2.49. The first kappa shape index (κ1) is 22.7. The molecular weight excluding hydrogens is 439 g/mol. The average Bonchev–Trinajstić information content (AvgIpc) is 3.06. The van der Waals surface area contributed by atoms with Gasteiger partial charge in [0.2, 0.25) is 5.91 Å². The van der Waals surface area contributed by atoms with E-state index in [0.717, 1.165) is 38.2 Å². The molecule has 0 aromatic heterocycles. The van der Waals surface area contributed by atoms with Crippen molar-refractivity contribution in [2.45, 2.75) is 39.2 Å². The summed E-state index contributed by atoms with van der Waals surface area (Å²) in [6.07, 6.45) is 4.16. The largest absolute Gasteiger partial charge is 0.355 e. The van der Waals surface area contributed by atoms with Crippen molar-refractivity contribution < 1.29 is 4.79 Å². The first-order valence-electron chi connectivity index (χ1n) is 9.07. The molecule has 0 atom stereocenters. The smallest absolute Gasteiger partial charge is 0.230 e. The Balaban J connectivity index is 0.00000338. The fourth-order valence-electron chi connectivity index (χ4n) is 3.67. The average molecular weight is 472 g/mol. The van der Waals surface area contributed by atoms with Gasteiger partial charge in [0.15, 0.2) is 5.96 Å². The number of rotatable bonds is 5. The second kappa shape index (κ2) is 10.1. The second-order valence-electron chi connectivity index (χ2n) is 7.43. The molecule has 1 fully saturated rings. The minimum absolute atomic E-state index is 0. The van der Waals surface area contributed by atoms with Crippen LogP contribution in [0.4, 0.5) is 0 Å². The SMILES string of the molecule is CN=C(NCC1(C(=O)N(C)C)CCCC1)N(C)Cc1ccc(C)cc1.I. The van der Waals surface area contributed by atoms with Crippen LogP contribution in [-0.2, 0) is 11.3 Å². The molecule has 1 aliphatic carbocycles. The second-order valence-corrected chi connectivity index (χ2v) is 7.43. The predicted molar refractivity (Wildman–Crippen MR) is 119 cm³/mol. The summed E-state index contributed by atoms with van der Waals surface area (Å²) in [6, 6.07) is 8.55. The summed E-state index contributed by atoms with van der Waals surface area (Å²) >= 11 is 0. The Morgan fingerprint density at radius 1 is 1.15 bits per heavy atom. The zero-order chi connectivity index (χ0) is 18.4. The number of carbonyl (C=O) groups is 1. The monoisotopic (exact) mass is 472 g/mol. The molecule has 146 valence electrons. The summed E-state index contributed by atoms with van der Waals surface area (Å²) in [4.78, 5) is 20.9. The molecule has 0 spiro atoms. The minimum Gasteiger partial charge on any atom is -0.355 e. The van der Waals surface area contributed by atoms with Crippen LogP contribution in [0.1, 0.15) is 36.8 Å². The highest BCUT2D eigenvalue weighted by molar-refractivity contribution is 14.0. The normalized spacial score (nSPS) is 16.0. The summed E-state index contributed by atoms with van der Waals surface area (Å²) in [7, 11) is 7.52. The van der Waals surface area contributed by atoms with Gasteiger partial charge in [0.05, 0.1) is 5.41 Å². The number of carbonyl (C=O) groups excluding carboxylic acids is 1. The van der Waals surface area contributed by atoms with E-state index in [4.69, 9.17) is 0 Å². The van der Waals surface area contributed by atoms with Gasteiger partial charge in [0, 0.05) is 41.3 Å². The zero-order valence-corrected chi connectivity index (χ0v) is 19.0. The third kappa shape index (κ3) is 5.59. The van der Waals surface area contributed by atoms with E-state index < -0.39 is 0 Å². The number of nitrogens with one attached hydrogen (secondary N) is 1. The standard InChI is InChI=1S/C20H32N4O.HI/c1-16-8-10-17(11-9-16)14-24(5)19(21-2)22-15-20(12-6-7-13-20)18(25)23(3)4;/h8-11H,6-7,12-15H2,1-5H3,(H,21,22);1H. The Morgan fingerprint density at radius 3 is 2.23 bits per heavy atom. The molecule has 0 aliphatic heterocycles. The summed E-state index contributed by atoms with van der Waals surface area (Å²) < 4.78 is 0. The van der Waals surface area contributed by atoms with Gasteiger partial charge < -0.3 is 15.1 Å². The number of benzene rings is 1. The van der Waals surface area contributed by atoms with Crippen LogP contribution in [0.15, 0.2) is 29.3 Å². The van der Waals surface area contributed by atoms with Gasteiger partial charge in [-0.05, 0) is 25.3 Å². The molecular formula is C20H33IN4O. The van der Waals surface area contributed by atoms with Crippen molar-refractivity contribution in [3.05, 3.63) is 35.4 Å². The molecule has 6 heteroatoms. The van der Waals surface area contributed by atoms with Crippen molar-refractivity contribution in [2.24, 2.45) is 10.4 Å². The topological polar surface area (TPSA) is 47.9 Å². The molecule has 1 aromatic carbocycles. The van der Waals surface area contributed by atoms with E-state index >= 15 is 0 Å². The molecule has 1 aliphatic rings. The molecule has 0 bridgehead atoms. The molecule has 1 saturated carbocycles. The molecule has 1 amide bonds. The molecule has 2 rings (SSSR count). The molecule has 1 N–H and O–H groups in total. The Labute approximate surface area is 175 Å². The number of nitrogens with zero attached hydrogens (tertiary/aromatic N) is 3. The van der Waals surface area contributed by atoms with Crippen LogP contribution in [0.2, 0.25) is 0 Å². The van der Waals surface area contributed by atoms with E-state index in [0.29, 0.717) is 6.54 Å². The Bertz CT molecular complexity index is 607. The fourth-order valence-corrected chi connectivity index (χ4v) is 3.67.